The monoisotopic (exact) mass is 368 g/mol. The van der Waals surface area contributed by atoms with Crippen molar-refractivity contribution in [3.63, 3.8) is 0 Å². The molecule has 0 saturated carbocycles. The number of rotatable bonds is 6. The number of likely N-dealkylation sites (N-methyl/N-ethyl adjacent to an activating group) is 1. The highest BCUT2D eigenvalue weighted by atomic mass is 16.5. The standard InChI is InChI=1S/C21H24N2O4/c1-4-5-11-26-17-8-6-7-15(12-17)20(24)22-16-9-10-19-18(13-16)23(3)21(25)14(2)27-19/h6-10,12-14H,4-5,11H2,1-3H3,(H,22,24). The van der Waals surface area contributed by atoms with Gasteiger partial charge >= 0.3 is 0 Å². The van der Waals surface area contributed by atoms with Crippen LogP contribution in [0.4, 0.5) is 11.4 Å². The Kier molecular flexibility index (Phi) is 5.64. The molecule has 1 aliphatic rings. The molecule has 1 unspecified atom stereocenters. The largest absolute Gasteiger partial charge is 0.494 e. The molecule has 2 aromatic carbocycles. The molecule has 2 amide bonds. The lowest BCUT2D eigenvalue weighted by Crippen LogP contribution is -2.41. The molecule has 0 spiro atoms. The van der Waals surface area contributed by atoms with Crippen molar-refractivity contribution in [2.24, 2.45) is 0 Å². The predicted molar refractivity (Wildman–Crippen MR) is 105 cm³/mol. The number of hydrogen-bond acceptors (Lipinski definition) is 4. The summed E-state index contributed by atoms with van der Waals surface area (Å²) in [6, 6.07) is 12.3. The second kappa shape index (κ2) is 8.12. The van der Waals surface area contributed by atoms with Crippen molar-refractivity contribution >= 4 is 23.2 Å². The van der Waals surface area contributed by atoms with Crippen molar-refractivity contribution in [3.05, 3.63) is 48.0 Å². The summed E-state index contributed by atoms with van der Waals surface area (Å²) >= 11 is 0. The van der Waals surface area contributed by atoms with Crippen LogP contribution in [0.1, 0.15) is 37.0 Å². The van der Waals surface area contributed by atoms with Crippen LogP contribution >= 0.6 is 0 Å². The third-order valence-corrected chi connectivity index (χ3v) is 4.42. The summed E-state index contributed by atoms with van der Waals surface area (Å²) in [4.78, 5) is 26.2. The highest BCUT2D eigenvalue weighted by Gasteiger charge is 2.29. The maximum Gasteiger partial charge on any atom is 0.267 e. The number of ether oxygens (including phenoxy) is 2. The van der Waals surface area contributed by atoms with E-state index in [-0.39, 0.29) is 11.8 Å². The summed E-state index contributed by atoms with van der Waals surface area (Å²) in [6.07, 6.45) is 1.51. The van der Waals surface area contributed by atoms with Gasteiger partial charge in [0, 0.05) is 18.3 Å². The lowest BCUT2D eigenvalue weighted by molar-refractivity contribution is -0.125. The highest BCUT2D eigenvalue weighted by Crippen LogP contribution is 2.35. The van der Waals surface area contributed by atoms with Gasteiger partial charge in [0.1, 0.15) is 11.5 Å². The number of fused-ring (bicyclic) bond motifs is 1. The molecular formula is C21H24N2O4. The molecule has 1 heterocycles. The van der Waals surface area contributed by atoms with Crippen molar-refractivity contribution in [1.82, 2.24) is 0 Å². The molecule has 0 bridgehead atoms. The van der Waals surface area contributed by atoms with Gasteiger partial charge in [0.2, 0.25) is 0 Å². The Bertz CT molecular complexity index is 850. The SMILES string of the molecule is CCCCOc1cccc(C(=O)Nc2ccc3c(c2)N(C)C(=O)C(C)O3)c1. The van der Waals surface area contributed by atoms with Crippen LogP contribution in [0.15, 0.2) is 42.5 Å². The molecular weight excluding hydrogens is 344 g/mol. The number of anilines is 2. The van der Waals surface area contributed by atoms with Crippen molar-refractivity contribution < 1.29 is 19.1 Å². The van der Waals surface area contributed by atoms with Gasteiger partial charge in [-0.1, -0.05) is 19.4 Å². The Morgan fingerprint density at radius 2 is 2.07 bits per heavy atom. The normalized spacial score (nSPS) is 15.7. The molecule has 6 nitrogen and oxygen atoms in total. The zero-order valence-corrected chi connectivity index (χ0v) is 15.8. The Balaban J connectivity index is 1.73. The van der Waals surface area contributed by atoms with Gasteiger partial charge in [-0.2, -0.15) is 0 Å². The van der Waals surface area contributed by atoms with E-state index in [0.29, 0.717) is 35.0 Å². The van der Waals surface area contributed by atoms with Gasteiger partial charge in [-0.25, -0.2) is 0 Å². The Hall–Kier alpha value is -3.02. The molecule has 6 heteroatoms. The van der Waals surface area contributed by atoms with Crippen LogP contribution in [0.3, 0.4) is 0 Å². The number of hydrogen-bond donors (Lipinski definition) is 1. The number of carbonyl (C=O) groups is 2. The van der Waals surface area contributed by atoms with E-state index in [1.165, 1.54) is 0 Å². The first-order chi connectivity index (χ1) is 13.0. The van der Waals surface area contributed by atoms with Gasteiger partial charge in [-0.05, 0) is 49.7 Å². The summed E-state index contributed by atoms with van der Waals surface area (Å²) in [7, 11) is 1.70. The van der Waals surface area contributed by atoms with E-state index in [1.54, 1.807) is 55.3 Å². The minimum Gasteiger partial charge on any atom is -0.494 e. The van der Waals surface area contributed by atoms with Gasteiger partial charge in [0.05, 0.1) is 12.3 Å². The van der Waals surface area contributed by atoms with E-state index in [9.17, 15) is 9.59 Å². The summed E-state index contributed by atoms with van der Waals surface area (Å²) in [5, 5.41) is 2.86. The number of benzene rings is 2. The van der Waals surface area contributed by atoms with Crippen LogP contribution < -0.4 is 19.7 Å². The third-order valence-electron chi connectivity index (χ3n) is 4.42. The van der Waals surface area contributed by atoms with Crippen LogP contribution in [0.25, 0.3) is 0 Å². The van der Waals surface area contributed by atoms with Crippen LogP contribution in [-0.2, 0) is 4.79 Å². The fourth-order valence-corrected chi connectivity index (χ4v) is 2.85. The number of carbonyl (C=O) groups excluding carboxylic acids is 2. The van der Waals surface area contributed by atoms with E-state index >= 15 is 0 Å². The number of nitrogens with zero attached hydrogens (tertiary/aromatic N) is 1. The van der Waals surface area contributed by atoms with Gasteiger partial charge in [0.15, 0.2) is 6.10 Å². The van der Waals surface area contributed by atoms with Crippen LogP contribution in [-0.4, -0.2) is 31.6 Å². The molecule has 0 aromatic heterocycles. The van der Waals surface area contributed by atoms with Crippen molar-refractivity contribution in [3.8, 4) is 11.5 Å². The van der Waals surface area contributed by atoms with E-state index in [0.717, 1.165) is 12.8 Å². The van der Waals surface area contributed by atoms with Crippen LogP contribution in [0.5, 0.6) is 11.5 Å². The van der Waals surface area contributed by atoms with Crippen molar-refractivity contribution in [2.45, 2.75) is 32.8 Å². The Labute approximate surface area is 159 Å². The maximum absolute atomic E-state index is 12.6. The lowest BCUT2D eigenvalue weighted by atomic mass is 10.1. The molecule has 2 aromatic rings. The van der Waals surface area contributed by atoms with E-state index < -0.39 is 6.10 Å². The second-order valence-electron chi connectivity index (χ2n) is 6.52. The quantitative estimate of drug-likeness (QED) is 0.786. The third kappa shape index (κ3) is 4.22. The summed E-state index contributed by atoms with van der Waals surface area (Å²) in [5.74, 6) is 0.932. The zero-order chi connectivity index (χ0) is 19.4. The number of nitrogens with one attached hydrogen (secondary N) is 1. The molecule has 1 atom stereocenters. The number of unbranched alkanes of at least 4 members (excludes halogenated alkanes) is 1. The molecule has 3 rings (SSSR count). The molecule has 0 aliphatic carbocycles. The smallest absolute Gasteiger partial charge is 0.267 e. The van der Waals surface area contributed by atoms with Gasteiger partial charge < -0.3 is 19.7 Å². The fraction of sp³-hybridized carbons (Fsp3) is 0.333. The van der Waals surface area contributed by atoms with Gasteiger partial charge in [0.25, 0.3) is 11.8 Å². The first kappa shape index (κ1) is 18.8. The van der Waals surface area contributed by atoms with E-state index in [4.69, 9.17) is 9.47 Å². The molecule has 142 valence electrons. The maximum atomic E-state index is 12.6. The lowest BCUT2D eigenvalue weighted by Gasteiger charge is -2.30. The molecule has 0 fully saturated rings. The van der Waals surface area contributed by atoms with Gasteiger partial charge in [-0.15, -0.1) is 0 Å². The molecule has 1 aliphatic heterocycles. The predicted octanol–water partition coefficient (Wildman–Crippen LogP) is 3.86. The summed E-state index contributed by atoms with van der Waals surface area (Å²) < 4.78 is 11.3. The topological polar surface area (TPSA) is 67.9 Å². The van der Waals surface area contributed by atoms with Crippen molar-refractivity contribution in [2.75, 3.05) is 23.9 Å². The first-order valence-electron chi connectivity index (χ1n) is 9.12. The summed E-state index contributed by atoms with van der Waals surface area (Å²) in [5.41, 5.74) is 1.73. The molecule has 1 N–H and O–H groups in total. The summed E-state index contributed by atoms with van der Waals surface area (Å²) in [6.45, 7) is 4.45. The Morgan fingerprint density at radius 1 is 1.26 bits per heavy atom. The highest BCUT2D eigenvalue weighted by molar-refractivity contribution is 6.05. The second-order valence-corrected chi connectivity index (χ2v) is 6.52. The first-order valence-corrected chi connectivity index (χ1v) is 9.12. The minimum absolute atomic E-state index is 0.122. The van der Waals surface area contributed by atoms with Gasteiger partial charge in [-0.3, -0.25) is 9.59 Å². The molecule has 0 saturated heterocycles. The Morgan fingerprint density at radius 3 is 2.85 bits per heavy atom. The van der Waals surface area contributed by atoms with Crippen LogP contribution in [0.2, 0.25) is 0 Å². The average Bonchev–Trinajstić information content (AvgIpc) is 2.67. The average molecular weight is 368 g/mol. The minimum atomic E-state index is -0.515. The molecule has 0 radical (unpaired) electrons. The molecule has 27 heavy (non-hydrogen) atoms. The van der Waals surface area contributed by atoms with E-state index in [1.807, 2.05) is 6.07 Å². The number of amides is 2. The zero-order valence-electron chi connectivity index (χ0n) is 15.8. The fourth-order valence-electron chi connectivity index (χ4n) is 2.85. The van der Waals surface area contributed by atoms with Crippen molar-refractivity contribution in [1.29, 1.82) is 0 Å². The van der Waals surface area contributed by atoms with E-state index in [2.05, 4.69) is 12.2 Å². The van der Waals surface area contributed by atoms with Crippen LogP contribution in [0, 0.1) is 0 Å².